The summed E-state index contributed by atoms with van der Waals surface area (Å²) in [5, 5.41) is 19.9. The first kappa shape index (κ1) is 18.1. The lowest BCUT2D eigenvalue weighted by Gasteiger charge is -2.34. The summed E-state index contributed by atoms with van der Waals surface area (Å²) in [7, 11) is 0. The Labute approximate surface area is 153 Å². The molecule has 0 atom stereocenters. The second-order valence-corrected chi connectivity index (χ2v) is 6.92. The third-order valence-corrected chi connectivity index (χ3v) is 5.52. The number of rotatable bonds is 5. The Bertz CT molecular complexity index is 977. The van der Waals surface area contributed by atoms with Gasteiger partial charge in [0.1, 0.15) is 11.3 Å². The Morgan fingerprint density at radius 3 is 2.23 bits per heavy atom. The standard InChI is InChI=1S/C22H24O4/c1-5-22(6-2,16-7-8-18(23)13(3)9-16)17-10-14(4)20-15(11-17)12-19(26-20)21(24)25/h7-12,23H,5-6H2,1-4H3,(H,24,25). The van der Waals surface area contributed by atoms with Gasteiger partial charge in [-0.1, -0.05) is 32.0 Å². The van der Waals surface area contributed by atoms with Crippen LogP contribution in [0.5, 0.6) is 5.75 Å². The van der Waals surface area contributed by atoms with Crippen LogP contribution >= 0.6 is 0 Å². The van der Waals surface area contributed by atoms with Gasteiger partial charge in [-0.25, -0.2) is 4.79 Å². The molecule has 0 amide bonds. The summed E-state index contributed by atoms with van der Waals surface area (Å²) in [6, 6.07) is 11.5. The van der Waals surface area contributed by atoms with Crippen molar-refractivity contribution >= 4 is 16.9 Å². The molecule has 0 saturated heterocycles. The van der Waals surface area contributed by atoms with E-state index < -0.39 is 5.97 Å². The van der Waals surface area contributed by atoms with Crippen LogP contribution in [0.25, 0.3) is 11.0 Å². The van der Waals surface area contributed by atoms with E-state index in [-0.39, 0.29) is 11.2 Å². The number of carbonyl (C=O) groups is 1. The topological polar surface area (TPSA) is 70.7 Å². The number of aromatic carboxylic acids is 1. The van der Waals surface area contributed by atoms with Gasteiger partial charge in [0.2, 0.25) is 5.76 Å². The summed E-state index contributed by atoms with van der Waals surface area (Å²) in [6.07, 6.45) is 1.78. The molecule has 136 valence electrons. The average molecular weight is 352 g/mol. The van der Waals surface area contributed by atoms with Crippen molar-refractivity contribution in [1.82, 2.24) is 0 Å². The second-order valence-electron chi connectivity index (χ2n) is 6.92. The number of phenolic OH excluding ortho intramolecular Hbond substituents is 1. The van der Waals surface area contributed by atoms with Crippen LogP contribution in [0.15, 0.2) is 40.8 Å². The highest BCUT2D eigenvalue weighted by Crippen LogP contribution is 2.42. The number of fused-ring (bicyclic) bond motifs is 1. The molecule has 3 aromatic rings. The molecular weight excluding hydrogens is 328 g/mol. The van der Waals surface area contributed by atoms with E-state index in [1.165, 1.54) is 0 Å². The first-order chi connectivity index (χ1) is 12.3. The summed E-state index contributed by atoms with van der Waals surface area (Å²) < 4.78 is 5.50. The SMILES string of the molecule is CCC(CC)(c1ccc(O)c(C)c1)c1cc(C)c2oc(C(=O)O)cc2c1. The van der Waals surface area contributed by atoms with E-state index in [4.69, 9.17) is 4.42 Å². The first-order valence-electron chi connectivity index (χ1n) is 8.90. The van der Waals surface area contributed by atoms with Gasteiger partial charge in [0.25, 0.3) is 0 Å². The minimum atomic E-state index is -1.06. The van der Waals surface area contributed by atoms with Gasteiger partial charge in [-0.05, 0) is 67.1 Å². The first-order valence-corrected chi connectivity index (χ1v) is 8.90. The predicted octanol–water partition coefficient (Wildman–Crippen LogP) is 5.56. The summed E-state index contributed by atoms with van der Waals surface area (Å²) >= 11 is 0. The van der Waals surface area contributed by atoms with E-state index in [2.05, 4.69) is 19.9 Å². The lowest BCUT2D eigenvalue weighted by Crippen LogP contribution is -2.26. The monoisotopic (exact) mass is 352 g/mol. The number of aromatic hydroxyl groups is 1. The number of furan rings is 1. The second kappa shape index (κ2) is 6.52. The molecule has 26 heavy (non-hydrogen) atoms. The van der Waals surface area contributed by atoms with Crippen LogP contribution in [-0.4, -0.2) is 16.2 Å². The zero-order valence-electron chi connectivity index (χ0n) is 15.6. The van der Waals surface area contributed by atoms with Crippen LogP contribution in [-0.2, 0) is 5.41 Å². The Balaban J connectivity index is 2.24. The highest BCUT2D eigenvalue weighted by Gasteiger charge is 2.32. The largest absolute Gasteiger partial charge is 0.508 e. The maximum atomic E-state index is 11.2. The van der Waals surface area contributed by atoms with Crippen molar-refractivity contribution in [3.05, 3.63) is 64.4 Å². The van der Waals surface area contributed by atoms with Crippen molar-refractivity contribution in [2.24, 2.45) is 0 Å². The van der Waals surface area contributed by atoms with Gasteiger partial charge < -0.3 is 14.6 Å². The molecule has 3 rings (SSSR count). The molecule has 4 heteroatoms. The summed E-state index contributed by atoms with van der Waals surface area (Å²) in [5.41, 5.74) is 4.47. The highest BCUT2D eigenvalue weighted by molar-refractivity contribution is 5.92. The zero-order valence-corrected chi connectivity index (χ0v) is 15.6. The van der Waals surface area contributed by atoms with Gasteiger partial charge in [0, 0.05) is 10.8 Å². The molecule has 0 radical (unpaired) electrons. The fraction of sp³-hybridized carbons (Fsp3) is 0.318. The molecule has 0 aliphatic heterocycles. The fourth-order valence-electron chi connectivity index (χ4n) is 3.90. The van der Waals surface area contributed by atoms with E-state index in [1.807, 2.05) is 32.0 Å². The number of carboxylic acid groups (broad SMARTS) is 1. The summed E-state index contributed by atoms with van der Waals surface area (Å²) in [6.45, 7) is 8.16. The predicted molar refractivity (Wildman–Crippen MR) is 102 cm³/mol. The molecule has 0 saturated carbocycles. The molecule has 4 nitrogen and oxygen atoms in total. The van der Waals surface area contributed by atoms with E-state index in [0.29, 0.717) is 11.3 Å². The fourth-order valence-corrected chi connectivity index (χ4v) is 3.90. The summed E-state index contributed by atoms with van der Waals surface area (Å²) in [4.78, 5) is 11.2. The van der Waals surface area contributed by atoms with Crippen molar-refractivity contribution in [2.75, 3.05) is 0 Å². The van der Waals surface area contributed by atoms with Gasteiger partial charge in [-0.3, -0.25) is 0 Å². The van der Waals surface area contributed by atoms with Crippen molar-refractivity contribution in [2.45, 2.75) is 46.0 Å². The van der Waals surface area contributed by atoms with Crippen LogP contribution in [0.1, 0.15) is 59.5 Å². The third kappa shape index (κ3) is 2.75. The van der Waals surface area contributed by atoms with Crippen LogP contribution in [0.4, 0.5) is 0 Å². The number of benzene rings is 2. The van der Waals surface area contributed by atoms with Crippen molar-refractivity contribution in [1.29, 1.82) is 0 Å². The number of aryl methyl sites for hydroxylation is 2. The maximum Gasteiger partial charge on any atom is 0.371 e. The normalized spacial score (nSPS) is 11.8. The smallest absolute Gasteiger partial charge is 0.371 e. The Morgan fingerprint density at radius 1 is 1.00 bits per heavy atom. The molecule has 0 fully saturated rings. The minimum Gasteiger partial charge on any atom is -0.508 e. The van der Waals surface area contributed by atoms with Gasteiger partial charge >= 0.3 is 5.97 Å². The van der Waals surface area contributed by atoms with Crippen LogP contribution in [0, 0.1) is 13.8 Å². The average Bonchev–Trinajstić information content (AvgIpc) is 3.05. The van der Waals surface area contributed by atoms with Gasteiger partial charge in [0.05, 0.1) is 0 Å². The number of phenols is 1. The Hall–Kier alpha value is -2.75. The van der Waals surface area contributed by atoms with Crippen LogP contribution in [0.3, 0.4) is 0 Å². The molecular formula is C22H24O4. The quantitative estimate of drug-likeness (QED) is 0.630. The molecule has 2 N–H and O–H groups in total. The summed E-state index contributed by atoms with van der Waals surface area (Å²) in [5.74, 6) is -0.810. The molecule has 1 aromatic heterocycles. The van der Waals surface area contributed by atoms with Gasteiger partial charge in [-0.15, -0.1) is 0 Å². The molecule has 0 aliphatic rings. The van der Waals surface area contributed by atoms with Crippen LogP contribution in [0.2, 0.25) is 0 Å². The molecule has 0 aliphatic carbocycles. The minimum absolute atomic E-state index is 0.0423. The van der Waals surface area contributed by atoms with Crippen molar-refractivity contribution < 1.29 is 19.4 Å². The number of hydrogen-bond acceptors (Lipinski definition) is 3. The van der Waals surface area contributed by atoms with Crippen molar-refractivity contribution in [3.8, 4) is 5.75 Å². The van der Waals surface area contributed by atoms with E-state index >= 15 is 0 Å². The Morgan fingerprint density at radius 2 is 1.65 bits per heavy atom. The van der Waals surface area contributed by atoms with E-state index in [0.717, 1.165) is 40.5 Å². The van der Waals surface area contributed by atoms with Crippen molar-refractivity contribution in [3.63, 3.8) is 0 Å². The number of hydrogen-bond donors (Lipinski definition) is 2. The maximum absolute atomic E-state index is 11.2. The molecule has 0 unspecified atom stereocenters. The lowest BCUT2D eigenvalue weighted by atomic mass is 9.70. The molecule has 0 bridgehead atoms. The zero-order chi connectivity index (χ0) is 19.1. The van der Waals surface area contributed by atoms with E-state index in [9.17, 15) is 15.0 Å². The van der Waals surface area contributed by atoms with Gasteiger partial charge in [-0.2, -0.15) is 0 Å². The number of carboxylic acids is 1. The molecule has 1 heterocycles. The molecule has 0 spiro atoms. The molecule has 2 aromatic carbocycles. The van der Waals surface area contributed by atoms with Crippen LogP contribution < -0.4 is 0 Å². The third-order valence-electron chi connectivity index (χ3n) is 5.52. The van der Waals surface area contributed by atoms with E-state index in [1.54, 1.807) is 12.1 Å². The van der Waals surface area contributed by atoms with Gasteiger partial charge in [0.15, 0.2) is 0 Å². The lowest BCUT2D eigenvalue weighted by molar-refractivity contribution is 0.0665. The highest BCUT2D eigenvalue weighted by atomic mass is 16.4. The Kier molecular flexibility index (Phi) is 4.53.